The van der Waals surface area contributed by atoms with Gasteiger partial charge in [0.25, 0.3) is 0 Å². The lowest BCUT2D eigenvalue weighted by atomic mass is 9.95. The largest absolute Gasteiger partial charge is 0.468 e. The summed E-state index contributed by atoms with van der Waals surface area (Å²) in [5.41, 5.74) is 3.81. The number of benzene rings is 1. The van der Waals surface area contributed by atoms with Crippen LogP contribution in [0.3, 0.4) is 0 Å². The molecule has 0 saturated carbocycles. The van der Waals surface area contributed by atoms with Gasteiger partial charge >= 0.3 is 5.63 Å². The molecule has 0 spiro atoms. The second-order valence-electron chi connectivity index (χ2n) is 8.71. The van der Waals surface area contributed by atoms with Crippen LogP contribution in [0.15, 0.2) is 50.2 Å². The maximum Gasteiger partial charge on any atom is 0.336 e. The molecule has 0 bridgehead atoms. The molecule has 1 fully saturated rings. The number of hydrogen-bond acceptors (Lipinski definition) is 5. The first-order valence-corrected chi connectivity index (χ1v) is 11.1. The zero-order chi connectivity index (χ0) is 21.1. The van der Waals surface area contributed by atoms with E-state index in [-0.39, 0.29) is 11.7 Å². The van der Waals surface area contributed by atoms with E-state index in [1.165, 1.54) is 24.8 Å². The average molecular weight is 409 g/mol. The molecule has 160 valence electrons. The molecule has 1 N–H and O–H groups in total. The van der Waals surface area contributed by atoms with Crippen molar-refractivity contribution in [1.29, 1.82) is 0 Å². The summed E-state index contributed by atoms with van der Waals surface area (Å²) in [6, 6.07) is 10.0. The minimum absolute atomic E-state index is 0.208. The van der Waals surface area contributed by atoms with E-state index < -0.39 is 0 Å². The number of likely N-dealkylation sites (tertiary alicyclic amines) is 1. The maximum atomic E-state index is 12.1. The van der Waals surface area contributed by atoms with Crippen molar-refractivity contribution in [2.24, 2.45) is 0 Å². The zero-order valence-corrected chi connectivity index (χ0v) is 18.2. The van der Waals surface area contributed by atoms with Gasteiger partial charge in [0.15, 0.2) is 0 Å². The molecule has 3 heterocycles. The Labute approximate surface area is 178 Å². The Kier molecular flexibility index (Phi) is 6.40. The monoisotopic (exact) mass is 408 g/mol. The molecular weight excluding hydrogens is 376 g/mol. The molecule has 2 aromatic heterocycles. The van der Waals surface area contributed by atoms with Gasteiger partial charge < -0.3 is 14.2 Å². The fourth-order valence-corrected chi connectivity index (χ4v) is 4.62. The Hall–Kier alpha value is -2.37. The first-order chi connectivity index (χ1) is 14.5. The fourth-order valence-electron chi connectivity index (χ4n) is 4.62. The van der Waals surface area contributed by atoms with Gasteiger partial charge in [-0.25, -0.2) is 4.79 Å². The molecule has 30 heavy (non-hydrogen) atoms. The van der Waals surface area contributed by atoms with E-state index in [4.69, 9.17) is 8.83 Å². The molecule has 4 rings (SSSR count). The summed E-state index contributed by atoms with van der Waals surface area (Å²) in [4.78, 5) is 14.7. The topological polar surface area (TPSA) is 58.6 Å². The van der Waals surface area contributed by atoms with Crippen LogP contribution in [0.2, 0.25) is 0 Å². The van der Waals surface area contributed by atoms with Crippen molar-refractivity contribution < 1.29 is 8.83 Å². The van der Waals surface area contributed by atoms with Crippen molar-refractivity contribution in [2.75, 3.05) is 19.6 Å². The van der Waals surface area contributed by atoms with E-state index in [0.717, 1.165) is 41.9 Å². The molecule has 1 aromatic carbocycles. The van der Waals surface area contributed by atoms with Crippen molar-refractivity contribution in [3.8, 4) is 0 Å². The second-order valence-corrected chi connectivity index (χ2v) is 8.71. The van der Waals surface area contributed by atoms with Crippen LogP contribution in [0.1, 0.15) is 67.5 Å². The molecule has 1 saturated heterocycles. The summed E-state index contributed by atoms with van der Waals surface area (Å²) in [6.07, 6.45) is 5.52. The van der Waals surface area contributed by atoms with Crippen LogP contribution in [0.5, 0.6) is 0 Å². The Morgan fingerprint density at radius 3 is 2.63 bits per heavy atom. The van der Waals surface area contributed by atoms with Gasteiger partial charge in [-0.05, 0) is 79.7 Å². The molecule has 0 aliphatic carbocycles. The van der Waals surface area contributed by atoms with Crippen LogP contribution in [-0.4, -0.2) is 24.5 Å². The van der Waals surface area contributed by atoms with Crippen LogP contribution in [-0.2, 0) is 6.54 Å². The Morgan fingerprint density at radius 2 is 1.93 bits per heavy atom. The first kappa shape index (κ1) is 20.9. The quantitative estimate of drug-likeness (QED) is 0.549. The van der Waals surface area contributed by atoms with E-state index in [0.29, 0.717) is 18.0 Å². The molecule has 5 nitrogen and oxygen atoms in total. The molecule has 1 atom stereocenters. The predicted octanol–water partition coefficient (Wildman–Crippen LogP) is 5.13. The first-order valence-electron chi connectivity index (χ1n) is 11.1. The van der Waals surface area contributed by atoms with Gasteiger partial charge in [-0.3, -0.25) is 4.90 Å². The third-order valence-electron chi connectivity index (χ3n) is 6.20. The lowest BCUT2D eigenvalue weighted by Crippen LogP contribution is -2.38. The number of furan rings is 1. The summed E-state index contributed by atoms with van der Waals surface area (Å²) in [5, 5.41) is 4.61. The minimum atomic E-state index is -0.297. The summed E-state index contributed by atoms with van der Waals surface area (Å²) < 4.78 is 11.2. The van der Waals surface area contributed by atoms with Gasteiger partial charge in [0.05, 0.1) is 12.3 Å². The van der Waals surface area contributed by atoms with Gasteiger partial charge in [0, 0.05) is 24.5 Å². The number of fused-ring (bicyclic) bond motifs is 1. The van der Waals surface area contributed by atoms with Crippen molar-refractivity contribution in [3.05, 3.63) is 69.5 Å². The van der Waals surface area contributed by atoms with E-state index in [9.17, 15) is 4.79 Å². The molecule has 3 aromatic rings. The Bertz CT molecular complexity index is 1030. The highest BCUT2D eigenvalue weighted by Crippen LogP contribution is 2.28. The summed E-state index contributed by atoms with van der Waals surface area (Å²) in [6.45, 7) is 10.1. The minimum Gasteiger partial charge on any atom is -0.468 e. The molecule has 5 heteroatoms. The molecule has 1 aliphatic heterocycles. The standard InChI is InChI=1S/C25H32N2O3/c1-17(2)20-14-21-19(13-25(28)30-24(21)12-18(20)3)15-26-16-22(23-8-7-11-29-23)27-9-5-4-6-10-27/h7-8,11-14,17,22,26H,4-6,9-10,15-16H2,1-3H3/t22-/m1/s1. The van der Waals surface area contributed by atoms with Gasteiger partial charge in [-0.1, -0.05) is 20.3 Å². The van der Waals surface area contributed by atoms with Crippen LogP contribution in [0, 0.1) is 6.92 Å². The Balaban J connectivity index is 1.56. The van der Waals surface area contributed by atoms with E-state index in [1.54, 1.807) is 12.3 Å². The van der Waals surface area contributed by atoms with Crippen molar-refractivity contribution >= 4 is 11.0 Å². The van der Waals surface area contributed by atoms with E-state index in [1.807, 2.05) is 12.1 Å². The van der Waals surface area contributed by atoms with Crippen LogP contribution in [0.25, 0.3) is 11.0 Å². The molecule has 0 unspecified atom stereocenters. The SMILES string of the molecule is Cc1cc2oc(=O)cc(CNC[C@H](c3ccco3)N3CCCCC3)c2cc1C(C)C. The van der Waals surface area contributed by atoms with Crippen LogP contribution >= 0.6 is 0 Å². The summed E-state index contributed by atoms with van der Waals surface area (Å²) in [5.74, 6) is 1.42. The summed E-state index contributed by atoms with van der Waals surface area (Å²) >= 11 is 0. The van der Waals surface area contributed by atoms with Gasteiger partial charge in [0.2, 0.25) is 0 Å². The van der Waals surface area contributed by atoms with Gasteiger partial charge in [-0.15, -0.1) is 0 Å². The summed E-state index contributed by atoms with van der Waals surface area (Å²) in [7, 11) is 0. The molecule has 0 amide bonds. The number of nitrogens with one attached hydrogen (secondary N) is 1. The highest BCUT2D eigenvalue weighted by Gasteiger charge is 2.24. The number of aryl methyl sites for hydroxylation is 1. The van der Waals surface area contributed by atoms with Crippen LogP contribution in [0.4, 0.5) is 0 Å². The third-order valence-corrected chi connectivity index (χ3v) is 6.20. The van der Waals surface area contributed by atoms with Gasteiger partial charge in [-0.2, -0.15) is 0 Å². The molecule has 0 radical (unpaired) electrons. The smallest absolute Gasteiger partial charge is 0.336 e. The normalized spacial score (nSPS) is 16.4. The number of rotatable bonds is 7. The van der Waals surface area contributed by atoms with Crippen LogP contribution < -0.4 is 10.9 Å². The van der Waals surface area contributed by atoms with Crippen molar-refractivity contribution in [3.63, 3.8) is 0 Å². The molecule has 1 aliphatic rings. The van der Waals surface area contributed by atoms with Crippen molar-refractivity contribution in [2.45, 2.75) is 58.5 Å². The van der Waals surface area contributed by atoms with E-state index >= 15 is 0 Å². The molecular formula is C25H32N2O3. The maximum absolute atomic E-state index is 12.1. The predicted molar refractivity (Wildman–Crippen MR) is 120 cm³/mol. The third kappa shape index (κ3) is 4.52. The number of nitrogens with zero attached hydrogens (tertiary/aromatic N) is 1. The fraction of sp³-hybridized carbons (Fsp3) is 0.480. The average Bonchev–Trinajstić information content (AvgIpc) is 3.25. The zero-order valence-electron chi connectivity index (χ0n) is 18.2. The van der Waals surface area contributed by atoms with Crippen molar-refractivity contribution in [1.82, 2.24) is 10.2 Å². The second kappa shape index (κ2) is 9.19. The Morgan fingerprint density at radius 1 is 1.13 bits per heavy atom. The lowest BCUT2D eigenvalue weighted by Gasteiger charge is -2.33. The highest BCUT2D eigenvalue weighted by atomic mass is 16.4. The number of hydrogen-bond donors (Lipinski definition) is 1. The highest BCUT2D eigenvalue weighted by molar-refractivity contribution is 5.82. The van der Waals surface area contributed by atoms with Gasteiger partial charge in [0.1, 0.15) is 11.3 Å². The lowest BCUT2D eigenvalue weighted by molar-refractivity contribution is 0.142. The van der Waals surface area contributed by atoms with E-state index in [2.05, 4.69) is 43.1 Å². The number of piperidine rings is 1.